The van der Waals surface area contributed by atoms with E-state index in [1.165, 1.54) is 36.9 Å². The van der Waals surface area contributed by atoms with Gasteiger partial charge >= 0.3 is 0 Å². The highest BCUT2D eigenvalue weighted by molar-refractivity contribution is 5.55. The van der Waals surface area contributed by atoms with Crippen LogP contribution in [0.5, 0.6) is 0 Å². The number of benzene rings is 1. The van der Waals surface area contributed by atoms with E-state index >= 15 is 0 Å². The highest BCUT2D eigenvalue weighted by atomic mass is 16.3. The molecule has 2 unspecified atom stereocenters. The van der Waals surface area contributed by atoms with Gasteiger partial charge in [-0.1, -0.05) is 37.5 Å². The van der Waals surface area contributed by atoms with Crippen molar-refractivity contribution in [3.8, 4) is 0 Å². The van der Waals surface area contributed by atoms with Crippen LogP contribution in [0.2, 0.25) is 0 Å². The Morgan fingerprint density at radius 3 is 2.78 bits per heavy atom. The van der Waals surface area contributed by atoms with E-state index in [2.05, 4.69) is 44.0 Å². The monoisotopic (exact) mass is 247 g/mol. The van der Waals surface area contributed by atoms with Gasteiger partial charge in [-0.05, 0) is 31.7 Å². The molecule has 1 aliphatic rings. The van der Waals surface area contributed by atoms with Crippen LogP contribution in [-0.4, -0.2) is 18.2 Å². The molecule has 1 aromatic rings. The van der Waals surface area contributed by atoms with E-state index in [9.17, 15) is 5.11 Å². The van der Waals surface area contributed by atoms with Crippen molar-refractivity contribution in [3.63, 3.8) is 0 Å². The van der Waals surface area contributed by atoms with E-state index < -0.39 is 0 Å². The van der Waals surface area contributed by atoms with Gasteiger partial charge in [0.25, 0.3) is 0 Å². The van der Waals surface area contributed by atoms with Crippen molar-refractivity contribution in [2.75, 3.05) is 11.9 Å². The van der Waals surface area contributed by atoms with Gasteiger partial charge in [-0.2, -0.15) is 0 Å². The maximum atomic E-state index is 9.52. The summed E-state index contributed by atoms with van der Waals surface area (Å²) in [5, 5.41) is 9.52. The smallest absolute Gasteiger partial charge is 0.0702 e. The number of anilines is 1. The minimum absolute atomic E-state index is 0.129. The van der Waals surface area contributed by atoms with Crippen molar-refractivity contribution >= 4 is 5.69 Å². The predicted octanol–water partition coefficient (Wildman–Crippen LogP) is 3.50. The number of aryl methyl sites for hydroxylation is 1. The standard InChI is InChI=1S/C16H25NO/c1-12-5-4-6-15(10-12)17(3)16-8-7-13(2)9-14(16)11-18/h7-9,12,15,18H,4-6,10-11H2,1-3H3. The van der Waals surface area contributed by atoms with E-state index in [1.54, 1.807) is 0 Å². The first-order valence-corrected chi connectivity index (χ1v) is 7.05. The zero-order valence-corrected chi connectivity index (χ0v) is 11.8. The Balaban J connectivity index is 2.19. The molecular formula is C16H25NO. The van der Waals surface area contributed by atoms with Crippen molar-refractivity contribution in [1.29, 1.82) is 0 Å². The third-order valence-electron chi connectivity index (χ3n) is 4.24. The van der Waals surface area contributed by atoms with Gasteiger partial charge in [-0.3, -0.25) is 0 Å². The highest BCUT2D eigenvalue weighted by Crippen LogP contribution is 2.31. The summed E-state index contributed by atoms with van der Waals surface area (Å²) in [6.45, 7) is 4.55. The van der Waals surface area contributed by atoms with E-state index in [-0.39, 0.29) is 6.61 Å². The molecule has 1 saturated carbocycles. The van der Waals surface area contributed by atoms with Gasteiger partial charge in [0.1, 0.15) is 0 Å². The molecule has 1 N–H and O–H groups in total. The van der Waals surface area contributed by atoms with Crippen LogP contribution in [0.25, 0.3) is 0 Å². The van der Waals surface area contributed by atoms with Crippen LogP contribution in [0.15, 0.2) is 18.2 Å². The molecule has 2 rings (SSSR count). The molecule has 0 amide bonds. The normalized spacial score (nSPS) is 24.0. The fourth-order valence-corrected chi connectivity index (χ4v) is 3.14. The number of rotatable bonds is 3. The summed E-state index contributed by atoms with van der Waals surface area (Å²) in [5.74, 6) is 0.828. The third-order valence-corrected chi connectivity index (χ3v) is 4.24. The highest BCUT2D eigenvalue weighted by Gasteiger charge is 2.23. The Kier molecular flexibility index (Phi) is 4.28. The molecule has 18 heavy (non-hydrogen) atoms. The lowest BCUT2D eigenvalue weighted by Crippen LogP contribution is -2.36. The van der Waals surface area contributed by atoms with Crippen LogP contribution in [0.3, 0.4) is 0 Å². The Morgan fingerprint density at radius 2 is 2.11 bits per heavy atom. The lowest BCUT2D eigenvalue weighted by molar-refractivity contribution is 0.281. The van der Waals surface area contributed by atoms with Crippen LogP contribution in [0.1, 0.15) is 43.7 Å². The molecule has 1 aromatic carbocycles. The Morgan fingerprint density at radius 1 is 1.33 bits per heavy atom. The summed E-state index contributed by atoms with van der Waals surface area (Å²) in [6.07, 6.45) is 5.25. The van der Waals surface area contributed by atoms with Crippen LogP contribution in [0.4, 0.5) is 5.69 Å². The minimum atomic E-state index is 0.129. The van der Waals surface area contributed by atoms with Crippen molar-refractivity contribution in [3.05, 3.63) is 29.3 Å². The molecule has 2 nitrogen and oxygen atoms in total. The summed E-state index contributed by atoms with van der Waals surface area (Å²) in [4.78, 5) is 2.38. The number of aliphatic hydroxyl groups is 1. The second-order valence-electron chi connectivity index (χ2n) is 5.83. The SMILES string of the molecule is Cc1ccc(N(C)C2CCCC(C)C2)c(CO)c1. The van der Waals surface area contributed by atoms with Crippen LogP contribution in [0, 0.1) is 12.8 Å². The number of hydrogen-bond donors (Lipinski definition) is 1. The van der Waals surface area contributed by atoms with Gasteiger partial charge in [-0.25, -0.2) is 0 Å². The van der Waals surface area contributed by atoms with E-state index in [0.29, 0.717) is 6.04 Å². The second kappa shape index (κ2) is 5.75. The van der Waals surface area contributed by atoms with E-state index in [4.69, 9.17) is 0 Å². The lowest BCUT2D eigenvalue weighted by Gasteiger charge is -2.36. The predicted molar refractivity (Wildman–Crippen MR) is 76.9 cm³/mol. The molecule has 2 heteroatoms. The van der Waals surface area contributed by atoms with Crippen LogP contribution >= 0.6 is 0 Å². The maximum Gasteiger partial charge on any atom is 0.0702 e. The molecule has 0 saturated heterocycles. The van der Waals surface area contributed by atoms with Gasteiger partial charge in [0.15, 0.2) is 0 Å². The summed E-state index contributed by atoms with van der Waals surface area (Å²) in [5.41, 5.74) is 3.46. The van der Waals surface area contributed by atoms with Crippen molar-refractivity contribution in [2.24, 2.45) is 5.92 Å². The van der Waals surface area contributed by atoms with Crippen LogP contribution in [-0.2, 0) is 6.61 Å². The summed E-state index contributed by atoms with van der Waals surface area (Å²) < 4.78 is 0. The van der Waals surface area contributed by atoms with Crippen molar-refractivity contribution in [2.45, 2.75) is 52.2 Å². The first-order chi connectivity index (χ1) is 8.61. The molecule has 1 fully saturated rings. The molecule has 0 spiro atoms. The number of aliphatic hydroxyl groups excluding tert-OH is 1. The molecule has 0 aromatic heterocycles. The fraction of sp³-hybridized carbons (Fsp3) is 0.625. The van der Waals surface area contributed by atoms with Gasteiger partial charge in [0.2, 0.25) is 0 Å². The minimum Gasteiger partial charge on any atom is -0.392 e. The zero-order chi connectivity index (χ0) is 13.1. The van der Waals surface area contributed by atoms with Crippen molar-refractivity contribution in [1.82, 2.24) is 0 Å². The van der Waals surface area contributed by atoms with E-state index in [0.717, 1.165) is 11.5 Å². The van der Waals surface area contributed by atoms with Gasteiger partial charge in [0.05, 0.1) is 6.61 Å². The van der Waals surface area contributed by atoms with Gasteiger partial charge < -0.3 is 10.0 Å². The molecular weight excluding hydrogens is 222 g/mol. The average molecular weight is 247 g/mol. The van der Waals surface area contributed by atoms with Crippen LogP contribution < -0.4 is 4.90 Å². The Labute approximate surface area is 111 Å². The molecule has 2 atom stereocenters. The summed E-state index contributed by atoms with van der Waals surface area (Å²) in [7, 11) is 2.17. The Bertz CT molecular complexity index is 402. The Hall–Kier alpha value is -1.02. The van der Waals surface area contributed by atoms with E-state index in [1.807, 2.05) is 0 Å². The molecule has 100 valence electrons. The summed E-state index contributed by atoms with van der Waals surface area (Å²) >= 11 is 0. The maximum absolute atomic E-state index is 9.52. The quantitative estimate of drug-likeness (QED) is 0.883. The topological polar surface area (TPSA) is 23.5 Å². The second-order valence-corrected chi connectivity index (χ2v) is 5.83. The average Bonchev–Trinajstić information content (AvgIpc) is 2.37. The van der Waals surface area contributed by atoms with Gasteiger partial charge in [-0.15, -0.1) is 0 Å². The first kappa shape index (κ1) is 13.4. The third kappa shape index (κ3) is 2.86. The molecule has 0 bridgehead atoms. The van der Waals surface area contributed by atoms with Gasteiger partial charge in [0, 0.05) is 24.3 Å². The number of nitrogens with zero attached hydrogens (tertiary/aromatic N) is 1. The molecule has 1 aliphatic carbocycles. The zero-order valence-electron chi connectivity index (χ0n) is 11.8. The number of hydrogen-bond acceptors (Lipinski definition) is 2. The fourth-order valence-electron chi connectivity index (χ4n) is 3.14. The summed E-state index contributed by atoms with van der Waals surface area (Å²) in [6, 6.07) is 7.01. The first-order valence-electron chi connectivity index (χ1n) is 7.05. The molecule has 0 aliphatic heterocycles. The molecule has 0 heterocycles. The van der Waals surface area contributed by atoms with Crippen molar-refractivity contribution < 1.29 is 5.11 Å². The lowest BCUT2D eigenvalue weighted by atomic mass is 9.86. The molecule has 0 radical (unpaired) electrons. The largest absolute Gasteiger partial charge is 0.392 e.